The molecule has 2 heterocycles. The first-order chi connectivity index (χ1) is 6.86. The number of rotatable bonds is 2. The first kappa shape index (κ1) is 7.94. The number of aromatic nitrogens is 3. The van der Waals surface area contributed by atoms with Gasteiger partial charge in [0.25, 0.3) is 0 Å². The average molecular weight is 188 g/mol. The molecule has 0 aliphatic heterocycles. The van der Waals surface area contributed by atoms with Crippen LogP contribution in [0, 0.1) is 0 Å². The second-order valence-corrected chi connectivity index (χ2v) is 3.81. The lowest BCUT2D eigenvalue weighted by Gasteiger charge is -1.97. The average Bonchev–Trinajstić information content (AvgIpc) is 2.97. The van der Waals surface area contributed by atoms with Gasteiger partial charge < -0.3 is 5.73 Å². The van der Waals surface area contributed by atoms with Crippen LogP contribution in [0.15, 0.2) is 18.6 Å². The van der Waals surface area contributed by atoms with Gasteiger partial charge in [-0.2, -0.15) is 0 Å². The van der Waals surface area contributed by atoms with E-state index in [4.69, 9.17) is 5.73 Å². The van der Waals surface area contributed by atoms with E-state index in [9.17, 15) is 0 Å². The number of hydrogen-bond donors (Lipinski definition) is 1. The van der Waals surface area contributed by atoms with E-state index in [0.717, 1.165) is 17.4 Å². The minimum atomic E-state index is 0.474. The molecule has 3 rings (SSSR count). The molecule has 0 amide bonds. The fourth-order valence-corrected chi connectivity index (χ4v) is 1.68. The van der Waals surface area contributed by atoms with Gasteiger partial charge in [0.15, 0.2) is 0 Å². The van der Waals surface area contributed by atoms with Gasteiger partial charge in [-0.25, -0.2) is 9.97 Å². The monoisotopic (exact) mass is 188 g/mol. The number of imidazole rings is 1. The van der Waals surface area contributed by atoms with Crippen molar-refractivity contribution in [1.82, 2.24) is 14.4 Å². The molecular formula is C10H12N4. The topological polar surface area (TPSA) is 56.2 Å². The van der Waals surface area contributed by atoms with Crippen LogP contribution in [0.3, 0.4) is 0 Å². The van der Waals surface area contributed by atoms with Crippen LogP contribution in [0.2, 0.25) is 0 Å². The zero-order chi connectivity index (χ0) is 9.54. The van der Waals surface area contributed by atoms with Gasteiger partial charge in [-0.15, -0.1) is 0 Å². The second kappa shape index (κ2) is 2.78. The number of hydrogen-bond acceptors (Lipinski definition) is 3. The Morgan fingerprint density at radius 2 is 2.29 bits per heavy atom. The highest BCUT2D eigenvalue weighted by molar-refractivity contribution is 5.33. The van der Waals surface area contributed by atoms with Gasteiger partial charge in [0.1, 0.15) is 0 Å². The van der Waals surface area contributed by atoms with E-state index in [1.54, 1.807) is 0 Å². The first-order valence-corrected chi connectivity index (χ1v) is 4.90. The van der Waals surface area contributed by atoms with E-state index in [0.29, 0.717) is 6.54 Å². The molecule has 4 heteroatoms. The van der Waals surface area contributed by atoms with Crippen molar-refractivity contribution in [2.45, 2.75) is 25.3 Å². The summed E-state index contributed by atoms with van der Waals surface area (Å²) in [5.41, 5.74) is 7.73. The molecule has 1 fully saturated rings. The summed E-state index contributed by atoms with van der Waals surface area (Å²) in [4.78, 5) is 8.59. The summed E-state index contributed by atoms with van der Waals surface area (Å²) in [6, 6.07) is 0. The van der Waals surface area contributed by atoms with Gasteiger partial charge in [-0.1, -0.05) is 0 Å². The van der Waals surface area contributed by atoms with Crippen molar-refractivity contribution in [2.24, 2.45) is 5.73 Å². The zero-order valence-electron chi connectivity index (χ0n) is 7.85. The molecular weight excluding hydrogens is 176 g/mol. The molecule has 1 saturated carbocycles. The van der Waals surface area contributed by atoms with Crippen LogP contribution in [-0.4, -0.2) is 14.4 Å². The van der Waals surface area contributed by atoms with Crippen molar-refractivity contribution in [3.8, 4) is 0 Å². The molecule has 0 aromatic carbocycles. The summed E-state index contributed by atoms with van der Waals surface area (Å²) in [6.07, 6.45) is 8.60. The normalized spacial score (nSPS) is 16.4. The molecule has 72 valence electrons. The van der Waals surface area contributed by atoms with Crippen LogP contribution >= 0.6 is 0 Å². The maximum atomic E-state index is 5.52. The third-order valence-corrected chi connectivity index (χ3v) is 2.64. The van der Waals surface area contributed by atoms with Gasteiger partial charge in [0.2, 0.25) is 5.78 Å². The summed E-state index contributed by atoms with van der Waals surface area (Å²) in [7, 11) is 0. The smallest absolute Gasteiger partial charge is 0.233 e. The van der Waals surface area contributed by atoms with Crippen molar-refractivity contribution in [3.05, 3.63) is 29.8 Å². The number of nitrogens with two attached hydrogens (primary N) is 1. The predicted octanol–water partition coefficient (Wildman–Crippen LogP) is 1.07. The number of fused-ring (bicyclic) bond motifs is 1. The lowest BCUT2D eigenvalue weighted by molar-refractivity contribution is 1.01. The lowest BCUT2D eigenvalue weighted by atomic mass is 10.2. The van der Waals surface area contributed by atoms with Crippen molar-refractivity contribution in [1.29, 1.82) is 0 Å². The van der Waals surface area contributed by atoms with Crippen LogP contribution in [0.4, 0.5) is 0 Å². The maximum absolute atomic E-state index is 5.52. The fraction of sp³-hybridized carbons (Fsp3) is 0.400. The van der Waals surface area contributed by atoms with Crippen molar-refractivity contribution in [3.63, 3.8) is 0 Å². The Balaban J connectivity index is 2.12. The first-order valence-electron chi connectivity index (χ1n) is 4.90. The molecule has 0 atom stereocenters. The third kappa shape index (κ3) is 1.19. The molecule has 2 aromatic heterocycles. The fourth-order valence-electron chi connectivity index (χ4n) is 1.68. The Kier molecular flexibility index (Phi) is 1.58. The van der Waals surface area contributed by atoms with E-state index in [1.807, 2.05) is 16.8 Å². The van der Waals surface area contributed by atoms with Crippen LogP contribution in [-0.2, 0) is 6.54 Å². The lowest BCUT2D eigenvalue weighted by Crippen LogP contribution is -1.95. The Bertz CT molecular complexity index is 470. The Hall–Kier alpha value is -1.42. The summed E-state index contributed by atoms with van der Waals surface area (Å²) < 4.78 is 1.97. The largest absolute Gasteiger partial charge is 0.325 e. The minimum Gasteiger partial charge on any atom is -0.325 e. The quantitative estimate of drug-likeness (QED) is 0.766. The molecule has 2 aromatic rings. The van der Waals surface area contributed by atoms with Crippen molar-refractivity contribution >= 4 is 5.78 Å². The molecule has 0 bridgehead atoms. The van der Waals surface area contributed by atoms with Crippen LogP contribution < -0.4 is 5.73 Å². The molecule has 2 N–H and O–H groups in total. The molecule has 4 nitrogen and oxygen atoms in total. The summed E-state index contributed by atoms with van der Waals surface area (Å²) in [5, 5.41) is 0. The van der Waals surface area contributed by atoms with E-state index >= 15 is 0 Å². The molecule has 1 aliphatic rings. The molecule has 0 unspecified atom stereocenters. The standard InChI is InChI=1S/C10H12N4/c11-3-9-6-14-5-8(7-1-2-7)4-12-10(14)13-9/h4-7H,1-3,11H2. The minimum absolute atomic E-state index is 0.474. The maximum Gasteiger partial charge on any atom is 0.233 e. The predicted molar refractivity (Wildman–Crippen MR) is 52.9 cm³/mol. The van der Waals surface area contributed by atoms with Gasteiger partial charge in [0, 0.05) is 25.1 Å². The van der Waals surface area contributed by atoms with Crippen LogP contribution in [0.5, 0.6) is 0 Å². The van der Waals surface area contributed by atoms with Crippen molar-refractivity contribution < 1.29 is 0 Å². The van der Waals surface area contributed by atoms with Crippen LogP contribution in [0.25, 0.3) is 5.78 Å². The molecule has 14 heavy (non-hydrogen) atoms. The van der Waals surface area contributed by atoms with Gasteiger partial charge >= 0.3 is 0 Å². The molecule has 0 saturated heterocycles. The van der Waals surface area contributed by atoms with E-state index < -0.39 is 0 Å². The Morgan fingerprint density at radius 1 is 1.43 bits per heavy atom. The van der Waals surface area contributed by atoms with Crippen molar-refractivity contribution in [2.75, 3.05) is 0 Å². The molecule has 0 spiro atoms. The summed E-state index contributed by atoms with van der Waals surface area (Å²) in [5.74, 6) is 1.48. The second-order valence-electron chi connectivity index (χ2n) is 3.81. The van der Waals surface area contributed by atoms with Crippen LogP contribution in [0.1, 0.15) is 30.0 Å². The van der Waals surface area contributed by atoms with Gasteiger partial charge in [0.05, 0.1) is 5.69 Å². The third-order valence-electron chi connectivity index (χ3n) is 2.64. The van der Waals surface area contributed by atoms with E-state index in [2.05, 4.69) is 16.2 Å². The highest BCUT2D eigenvalue weighted by Crippen LogP contribution is 2.39. The highest BCUT2D eigenvalue weighted by atomic mass is 15.1. The molecule has 1 aliphatic carbocycles. The van der Waals surface area contributed by atoms with E-state index in [-0.39, 0.29) is 0 Å². The zero-order valence-corrected chi connectivity index (χ0v) is 7.85. The highest BCUT2D eigenvalue weighted by Gasteiger charge is 2.24. The summed E-state index contributed by atoms with van der Waals surface area (Å²) in [6.45, 7) is 0.474. The SMILES string of the molecule is NCc1cn2cc(C3CC3)cnc2n1. The Labute approximate surface area is 81.8 Å². The van der Waals surface area contributed by atoms with Gasteiger partial charge in [-0.3, -0.25) is 4.40 Å². The number of nitrogens with zero attached hydrogens (tertiary/aromatic N) is 3. The molecule has 0 radical (unpaired) electrons. The van der Waals surface area contributed by atoms with Gasteiger partial charge in [-0.05, 0) is 24.3 Å². The van der Waals surface area contributed by atoms with E-state index in [1.165, 1.54) is 18.4 Å². The summed E-state index contributed by atoms with van der Waals surface area (Å²) >= 11 is 0. The Morgan fingerprint density at radius 3 is 3.00 bits per heavy atom.